The maximum atomic E-state index is 5.47. The minimum Gasteiger partial charge on any atom is -0.493 e. The van der Waals surface area contributed by atoms with Gasteiger partial charge in [0.15, 0.2) is 17.3 Å². The lowest BCUT2D eigenvalue weighted by Gasteiger charge is -2.25. The van der Waals surface area contributed by atoms with Gasteiger partial charge in [-0.2, -0.15) is 4.68 Å². The predicted octanol–water partition coefficient (Wildman–Crippen LogP) is 3.02. The summed E-state index contributed by atoms with van der Waals surface area (Å²) in [4.78, 5) is 2.42. The van der Waals surface area contributed by atoms with Crippen molar-refractivity contribution in [3.63, 3.8) is 0 Å². The van der Waals surface area contributed by atoms with Crippen molar-refractivity contribution in [2.24, 2.45) is 0 Å². The summed E-state index contributed by atoms with van der Waals surface area (Å²) in [6.45, 7) is 1.71. The summed E-state index contributed by atoms with van der Waals surface area (Å²) in [5.74, 6) is 2.35. The monoisotopic (exact) mass is 365 g/mol. The van der Waals surface area contributed by atoms with Gasteiger partial charge in [-0.15, -0.1) is 5.10 Å². The lowest BCUT2D eigenvalue weighted by Crippen LogP contribution is -2.24. The first-order chi connectivity index (χ1) is 13.3. The van der Waals surface area contributed by atoms with Crippen LogP contribution in [-0.4, -0.2) is 45.9 Å². The molecule has 0 aliphatic carbocycles. The lowest BCUT2D eigenvalue weighted by molar-refractivity contribution is 0.239. The molecule has 27 heavy (non-hydrogen) atoms. The first kappa shape index (κ1) is 17.5. The van der Waals surface area contributed by atoms with Crippen LogP contribution in [0.15, 0.2) is 48.5 Å². The Hall–Kier alpha value is -2.93. The molecule has 0 N–H and O–H groups in total. The molecule has 2 aromatic carbocycles. The molecule has 0 spiro atoms. The molecule has 7 nitrogen and oxygen atoms in total. The third kappa shape index (κ3) is 3.50. The number of likely N-dealkylation sites (tertiary alicyclic amines) is 1. The summed E-state index contributed by atoms with van der Waals surface area (Å²) in [6, 6.07) is 16.5. The zero-order valence-corrected chi connectivity index (χ0v) is 15.6. The Kier molecular flexibility index (Phi) is 5.02. The Morgan fingerprint density at radius 2 is 1.85 bits per heavy atom. The topological polar surface area (TPSA) is 65.3 Å². The van der Waals surface area contributed by atoms with E-state index in [-0.39, 0.29) is 0 Å². The molecule has 140 valence electrons. The van der Waals surface area contributed by atoms with E-state index < -0.39 is 0 Å². The molecule has 1 fully saturated rings. The first-order valence-corrected chi connectivity index (χ1v) is 9.09. The zero-order chi connectivity index (χ0) is 18.6. The van der Waals surface area contributed by atoms with Gasteiger partial charge in [-0.05, 0) is 59.6 Å². The summed E-state index contributed by atoms with van der Waals surface area (Å²) < 4.78 is 12.6. The number of hydrogen-bond acceptors (Lipinski definition) is 6. The summed E-state index contributed by atoms with van der Waals surface area (Å²) in [5.41, 5.74) is 2.20. The van der Waals surface area contributed by atoms with Crippen LogP contribution in [0.3, 0.4) is 0 Å². The average Bonchev–Trinajstić information content (AvgIpc) is 3.38. The van der Waals surface area contributed by atoms with Crippen LogP contribution in [0, 0.1) is 0 Å². The van der Waals surface area contributed by atoms with E-state index in [1.807, 2.05) is 41.1 Å². The molecule has 1 saturated heterocycles. The molecule has 1 aliphatic heterocycles. The van der Waals surface area contributed by atoms with Crippen LogP contribution >= 0.6 is 0 Å². The van der Waals surface area contributed by atoms with Crippen molar-refractivity contribution in [3.05, 3.63) is 59.9 Å². The number of rotatable bonds is 6. The number of hydrogen-bond donors (Lipinski definition) is 0. The quantitative estimate of drug-likeness (QED) is 0.669. The van der Waals surface area contributed by atoms with Crippen LogP contribution in [0.4, 0.5) is 0 Å². The number of benzene rings is 2. The maximum absolute atomic E-state index is 5.47. The highest BCUT2D eigenvalue weighted by molar-refractivity contribution is 5.44. The Morgan fingerprint density at radius 1 is 1.04 bits per heavy atom. The number of tetrazole rings is 1. The van der Waals surface area contributed by atoms with Gasteiger partial charge in [-0.3, -0.25) is 4.90 Å². The van der Waals surface area contributed by atoms with Crippen molar-refractivity contribution < 1.29 is 9.47 Å². The summed E-state index contributed by atoms with van der Waals surface area (Å²) in [5, 5.41) is 12.3. The van der Waals surface area contributed by atoms with Crippen LogP contribution in [0.5, 0.6) is 11.5 Å². The minimum absolute atomic E-state index is 0.311. The average molecular weight is 365 g/mol. The molecule has 7 heteroatoms. The normalized spacial score (nSPS) is 17.2. The fraction of sp³-hybridized carbons (Fsp3) is 0.350. The van der Waals surface area contributed by atoms with Crippen molar-refractivity contribution in [2.75, 3.05) is 20.8 Å². The molecule has 2 heterocycles. The molecule has 4 rings (SSSR count). The highest BCUT2D eigenvalue weighted by Crippen LogP contribution is 2.37. The van der Waals surface area contributed by atoms with Crippen molar-refractivity contribution >= 4 is 0 Å². The van der Waals surface area contributed by atoms with E-state index in [1.54, 1.807) is 14.2 Å². The Labute approximate surface area is 158 Å². The first-order valence-electron chi connectivity index (χ1n) is 9.09. The van der Waals surface area contributed by atoms with Crippen LogP contribution < -0.4 is 9.47 Å². The molecule has 1 atom stereocenters. The van der Waals surface area contributed by atoms with Gasteiger partial charge >= 0.3 is 0 Å². The number of aromatic nitrogens is 4. The van der Waals surface area contributed by atoms with Crippen molar-refractivity contribution in [1.29, 1.82) is 0 Å². The second-order valence-electron chi connectivity index (χ2n) is 6.59. The van der Waals surface area contributed by atoms with Crippen LogP contribution in [0.25, 0.3) is 5.69 Å². The fourth-order valence-corrected chi connectivity index (χ4v) is 3.71. The minimum atomic E-state index is 0.311. The second-order valence-corrected chi connectivity index (χ2v) is 6.59. The molecule has 3 aromatic rings. The summed E-state index contributed by atoms with van der Waals surface area (Å²) >= 11 is 0. The maximum Gasteiger partial charge on any atom is 0.170 e. The van der Waals surface area contributed by atoms with Gasteiger partial charge in [0.25, 0.3) is 0 Å². The van der Waals surface area contributed by atoms with Gasteiger partial charge in [-0.25, -0.2) is 0 Å². The SMILES string of the molecule is COc1ccc(C2CCCN2Cc2nnnn2-c2ccccc2)cc1OC. The number of para-hydroxylation sites is 1. The Morgan fingerprint density at radius 3 is 2.63 bits per heavy atom. The molecule has 1 aromatic heterocycles. The van der Waals surface area contributed by atoms with E-state index in [1.165, 1.54) is 5.56 Å². The van der Waals surface area contributed by atoms with Gasteiger partial charge in [0.2, 0.25) is 0 Å². The van der Waals surface area contributed by atoms with E-state index in [0.717, 1.165) is 42.4 Å². The van der Waals surface area contributed by atoms with Crippen LogP contribution in [0.2, 0.25) is 0 Å². The molecule has 0 radical (unpaired) electrons. The molecular weight excluding hydrogens is 342 g/mol. The van der Waals surface area contributed by atoms with Gasteiger partial charge < -0.3 is 9.47 Å². The second kappa shape index (κ2) is 7.75. The molecular formula is C20H23N5O2. The standard InChI is InChI=1S/C20H23N5O2/c1-26-18-11-10-15(13-19(18)27-2)17-9-6-12-24(17)14-20-21-22-23-25(20)16-7-4-3-5-8-16/h3-5,7-8,10-11,13,17H,6,9,12,14H2,1-2H3. The predicted molar refractivity (Wildman–Crippen MR) is 101 cm³/mol. The van der Waals surface area contributed by atoms with Crippen molar-refractivity contribution in [1.82, 2.24) is 25.1 Å². The van der Waals surface area contributed by atoms with E-state index in [9.17, 15) is 0 Å². The number of nitrogens with zero attached hydrogens (tertiary/aromatic N) is 5. The number of methoxy groups -OCH3 is 2. The largest absolute Gasteiger partial charge is 0.493 e. The van der Waals surface area contributed by atoms with E-state index in [4.69, 9.17) is 9.47 Å². The highest BCUT2D eigenvalue weighted by atomic mass is 16.5. The van der Waals surface area contributed by atoms with E-state index in [2.05, 4.69) is 32.6 Å². The Bertz CT molecular complexity index is 896. The fourth-order valence-electron chi connectivity index (χ4n) is 3.71. The van der Waals surface area contributed by atoms with Gasteiger partial charge in [0.05, 0.1) is 26.5 Å². The van der Waals surface area contributed by atoms with Crippen molar-refractivity contribution in [3.8, 4) is 17.2 Å². The zero-order valence-electron chi connectivity index (χ0n) is 15.6. The number of ether oxygens (including phenoxy) is 2. The lowest BCUT2D eigenvalue weighted by atomic mass is 10.0. The molecule has 1 aliphatic rings. The molecule has 0 saturated carbocycles. The van der Waals surface area contributed by atoms with Gasteiger partial charge in [0.1, 0.15) is 0 Å². The van der Waals surface area contributed by atoms with E-state index in [0.29, 0.717) is 12.6 Å². The van der Waals surface area contributed by atoms with Gasteiger partial charge in [-0.1, -0.05) is 24.3 Å². The Balaban J connectivity index is 1.58. The molecule has 0 amide bonds. The molecule has 1 unspecified atom stereocenters. The highest BCUT2D eigenvalue weighted by Gasteiger charge is 2.28. The third-order valence-corrected chi connectivity index (χ3v) is 5.04. The summed E-state index contributed by atoms with van der Waals surface area (Å²) in [6.07, 6.45) is 2.24. The van der Waals surface area contributed by atoms with Crippen LogP contribution in [0.1, 0.15) is 30.3 Å². The molecule has 0 bridgehead atoms. The third-order valence-electron chi connectivity index (χ3n) is 5.04. The van der Waals surface area contributed by atoms with E-state index >= 15 is 0 Å². The summed E-state index contributed by atoms with van der Waals surface area (Å²) in [7, 11) is 3.32. The van der Waals surface area contributed by atoms with Gasteiger partial charge in [0, 0.05) is 6.04 Å². The smallest absolute Gasteiger partial charge is 0.170 e. The van der Waals surface area contributed by atoms with Crippen molar-refractivity contribution in [2.45, 2.75) is 25.4 Å². The van der Waals surface area contributed by atoms with Crippen LogP contribution in [-0.2, 0) is 6.54 Å².